The first-order chi connectivity index (χ1) is 11.2. The van der Waals surface area contributed by atoms with Crippen LogP contribution in [-0.2, 0) is 11.3 Å². The third-order valence-corrected chi connectivity index (χ3v) is 3.81. The van der Waals surface area contributed by atoms with Crippen LogP contribution in [0.15, 0.2) is 60.6 Å². The Balaban J connectivity index is 1.80. The number of methoxy groups -OCH3 is 1. The average molecular weight is 332 g/mol. The highest BCUT2D eigenvalue weighted by molar-refractivity contribution is 6.30. The third-order valence-electron chi connectivity index (χ3n) is 3.56. The van der Waals surface area contributed by atoms with Gasteiger partial charge >= 0.3 is 0 Å². The number of phenolic OH excluding ortho intramolecular Hbond substituents is 1. The van der Waals surface area contributed by atoms with Crippen molar-refractivity contribution in [3.63, 3.8) is 0 Å². The Morgan fingerprint density at radius 2 is 1.91 bits per heavy atom. The quantitative estimate of drug-likeness (QED) is 0.900. The monoisotopic (exact) mass is 331 g/mol. The van der Waals surface area contributed by atoms with E-state index in [1.54, 1.807) is 19.2 Å². The molecule has 1 heterocycles. The number of para-hydroxylation sites is 2. The van der Waals surface area contributed by atoms with Gasteiger partial charge in [-0.15, -0.1) is 0 Å². The number of hydrazine groups is 1. The van der Waals surface area contributed by atoms with Gasteiger partial charge in [-0.2, -0.15) is 0 Å². The van der Waals surface area contributed by atoms with E-state index in [9.17, 15) is 5.11 Å². The number of benzene rings is 2. The molecule has 0 bridgehead atoms. The lowest BCUT2D eigenvalue weighted by molar-refractivity contribution is 0.207. The summed E-state index contributed by atoms with van der Waals surface area (Å²) in [6.07, 6.45) is 1.91. The number of hydrogen-bond donors (Lipinski definition) is 2. The van der Waals surface area contributed by atoms with Gasteiger partial charge in [0, 0.05) is 11.6 Å². The number of nitrogens with one attached hydrogen (secondary N) is 1. The molecule has 0 aromatic heterocycles. The van der Waals surface area contributed by atoms with Crippen LogP contribution < -0.4 is 10.4 Å². The summed E-state index contributed by atoms with van der Waals surface area (Å²) < 4.78 is 5.33. The van der Waals surface area contributed by atoms with Crippen molar-refractivity contribution in [2.75, 3.05) is 18.8 Å². The van der Waals surface area contributed by atoms with E-state index in [2.05, 4.69) is 10.3 Å². The molecular formula is C17H18ClN3O2. The molecule has 0 amide bonds. The van der Waals surface area contributed by atoms with Crippen LogP contribution in [0.2, 0.25) is 5.02 Å². The van der Waals surface area contributed by atoms with Crippen molar-refractivity contribution in [2.45, 2.75) is 6.54 Å². The Bertz CT molecular complexity index is 703. The predicted molar refractivity (Wildman–Crippen MR) is 90.7 cm³/mol. The molecule has 23 heavy (non-hydrogen) atoms. The molecule has 0 atom stereocenters. The molecule has 0 radical (unpaired) electrons. The van der Waals surface area contributed by atoms with Gasteiger partial charge in [0.05, 0.1) is 13.3 Å². The highest BCUT2D eigenvalue weighted by atomic mass is 35.5. The van der Waals surface area contributed by atoms with Crippen molar-refractivity contribution in [2.24, 2.45) is 0 Å². The Hall–Kier alpha value is -2.53. The zero-order valence-electron chi connectivity index (χ0n) is 12.7. The maximum absolute atomic E-state index is 10.1. The van der Waals surface area contributed by atoms with E-state index >= 15 is 0 Å². The van der Waals surface area contributed by atoms with Gasteiger partial charge in [-0.1, -0.05) is 35.9 Å². The minimum atomic E-state index is 0.212. The van der Waals surface area contributed by atoms with E-state index in [4.69, 9.17) is 16.3 Å². The average Bonchev–Trinajstić information content (AvgIpc) is 2.57. The SMILES string of the molecule is COC1=CN(Cc2ccc(Cl)cc2)CN(c2ccccc2O)N1. The van der Waals surface area contributed by atoms with Gasteiger partial charge in [-0.05, 0) is 29.8 Å². The number of anilines is 1. The molecule has 2 aromatic rings. The van der Waals surface area contributed by atoms with Gasteiger partial charge in [0.15, 0.2) is 0 Å². The minimum absolute atomic E-state index is 0.212. The molecular weight excluding hydrogens is 314 g/mol. The van der Waals surface area contributed by atoms with Crippen LogP contribution >= 0.6 is 11.6 Å². The van der Waals surface area contributed by atoms with Crippen LogP contribution in [-0.4, -0.2) is 23.8 Å². The van der Waals surface area contributed by atoms with Crippen LogP contribution in [0.4, 0.5) is 5.69 Å². The molecule has 1 aliphatic rings. The molecule has 0 unspecified atom stereocenters. The maximum Gasteiger partial charge on any atom is 0.222 e. The first kappa shape index (κ1) is 15.4. The van der Waals surface area contributed by atoms with E-state index in [0.29, 0.717) is 24.8 Å². The molecule has 3 rings (SSSR count). The van der Waals surface area contributed by atoms with E-state index in [1.165, 1.54) is 0 Å². The molecule has 0 saturated heterocycles. The highest BCUT2D eigenvalue weighted by Gasteiger charge is 2.20. The molecule has 0 aliphatic carbocycles. The van der Waals surface area contributed by atoms with Crippen LogP contribution in [0.25, 0.3) is 0 Å². The molecule has 2 N–H and O–H groups in total. The van der Waals surface area contributed by atoms with Crippen molar-refractivity contribution in [3.8, 4) is 5.75 Å². The summed E-state index contributed by atoms with van der Waals surface area (Å²) in [7, 11) is 1.60. The molecule has 1 aliphatic heterocycles. The van der Waals surface area contributed by atoms with Crippen molar-refractivity contribution in [1.29, 1.82) is 0 Å². The summed E-state index contributed by atoms with van der Waals surface area (Å²) in [6.45, 7) is 1.27. The number of phenols is 1. The molecule has 0 spiro atoms. The van der Waals surface area contributed by atoms with E-state index < -0.39 is 0 Å². The number of ether oxygens (including phenoxy) is 1. The number of aromatic hydroxyl groups is 1. The summed E-state index contributed by atoms with van der Waals surface area (Å²) in [5.74, 6) is 0.817. The fourth-order valence-corrected chi connectivity index (χ4v) is 2.56. The first-order valence-electron chi connectivity index (χ1n) is 7.22. The van der Waals surface area contributed by atoms with Gasteiger partial charge in [-0.3, -0.25) is 10.4 Å². The Kier molecular flexibility index (Phi) is 4.48. The number of nitrogens with zero attached hydrogens (tertiary/aromatic N) is 2. The summed E-state index contributed by atoms with van der Waals surface area (Å²) in [6, 6.07) is 14.9. The van der Waals surface area contributed by atoms with Crippen LogP contribution in [0.3, 0.4) is 0 Å². The second-order valence-electron chi connectivity index (χ2n) is 5.24. The Morgan fingerprint density at radius 3 is 2.61 bits per heavy atom. The standard InChI is InChI=1S/C17H18ClN3O2/c1-23-17-11-20(10-13-6-8-14(18)9-7-13)12-21(19-17)15-4-2-3-5-16(15)22/h2-9,11,19,22H,10,12H2,1H3. The van der Waals surface area contributed by atoms with E-state index in [-0.39, 0.29) is 5.75 Å². The van der Waals surface area contributed by atoms with Gasteiger partial charge < -0.3 is 14.7 Å². The summed E-state index contributed by atoms with van der Waals surface area (Å²) >= 11 is 5.93. The second kappa shape index (κ2) is 6.71. The molecule has 0 saturated carbocycles. The normalized spacial score (nSPS) is 14.3. The smallest absolute Gasteiger partial charge is 0.222 e. The molecule has 0 fully saturated rings. The van der Waals surface area contributed by atoms with Crippen LogP contribution in [0, 0.1) is 0 Å². The van der Waals surface area contributed by atoms with Crippen LogP contribution in [0.1, 0.15) is 5.56 Å². The molecule has 120 valence electrons. The lowest BCUT2D eigenvalue weighted by Crippen LogP contribution is -2.48. The van der Waals surface area contributed by atoms with Crippen LogP contribution in [0.5, 0.6) is 5.75 Å². The minimum Gasteiger partial charge on any atom is -0.506 e. The largest absolute Gasteiger partial charge is 0.506 e. The predicted octanol–water partition coefficient (Wildman–Crippen LogP) is 3.28. The van der Waals surface area contributed by atoms with Gasteiger partial charge in [0.2, 0.25) is 5.88 Å². The lowest BCUT2D eigenvalue weighted by atomic mass is 10.2. The number of hydrogen-bond acceptors (Lipinski definition) is 5. The third kappa shape index (κ3) is 3.63. The summed E-state index contributed by atoms with van der Waals surface area (Å²) in [5, 5.41) is 12.6. The molecule has 6 heteroatoms. The Morgan fingerprint density at radius 1 is 1.17 bits per heavy atom. The lowest BCUT2D eigenvalue weighted by Gasteiger charge is -2.37. The van der Waals surface area contributed by atoms with E-state index in [0.717, 1.165) is 10.6 Å². The summed E-state index contributed by atoms with van der Waals surface area (Å²) in [5.41, 5.74) is 4.96. The zero-order chi connectivity index (χ0) is 16.2. The van der Waals surface area contributed by atoms with Gasteiger partial charge in [0.1, 0.15) is 18.1 Å². The van der Waals surface area contributed by atoms with Gasteiger partial charge in [-0.25, -0.2) is 0 Å². The topological polar surface area (TPSA) is 48.0 Å². The van der Waals surface area contributed by atoms with Gasteiger partial charge in [0.25, 0.3) is 0 Å². The zero-order valence-corrected chi connectivity index (χ0v) is 13.5. The first-order valence-corrected chi connectivity index (χ1v) is 7.60. The van der Waals surface area contributed by atoms with Crippen molar-refractivity contribution < 1.29 is 9.84 Å². The maximum atomic E-state index is 10.1. The highest BCUT2D eigenvalue weighted by Crippen LogP contribution is 2.27. The molecule has 5 nitrogen and oxygen atoms in total. The fourth-order valence-electron chi connectivity index (χ4n) is 2.43. The number of rotatable bonds is 4. The second-order valence-corrected chi connectivity index (χ2v) is 5.68. The molecule has 2 aromatic carbocycles. The van der Waals surface area contributed by atoms with Crippen molar-refractivity contribution in [1.82, 2.24) is 10.3 Å². The van der Waals surface area contributed by atoms with E-state index in [1.807, 2.05) is 47.6 Å². The summed E-state index contributed by atoms with van der Waals surface area (Å²) in [4.78, 5) is 2.09. The van der Waals surface area contributed by atoms with Crippen molar-refractivity contribution in [3.05, 3.63) is 71.2 Å². The van der Waals surface area contributed by atoms with Crippen molar-refractivity contribution >= 4 is 17.3 Å². The number of halogens is 1. The fraction of sp³-hybridized carbons (Fsp3) is 0.176. The Labute approximate surface area is 140 Å².